The minimum atomic E-state index is 0.565. The molecule has 0 N–H and O–H groups in total. The van der Waals surface area contributed by atoms with Gasteiger partial charge in [0.05, 0.1) is 11.0 Å². The normalized spacial score (nSPS) is 12.0. The second-order valence-electron chi connectivity index (χ2n) is 14.0. The first-order valence-corrected chi connectivity index (χ1v) is 18.4. The molecule has 0 fully saturated rings. The summed E-state index contributed by atoms with van der Waals surface area (Å²) in [6, 6.07) is 58.6. The van der Waals surface area contributed by atoms with Gasteiger partial charge in [0.25, 0.3) is 0 Å². The number of para-hydroxylation sites is 3. The summed E-state index contributed by atoms with van der Waals surface area (Å²) in [5, 5.41) is 8.81. The van der Waals surface area contributed by atoms with Crippen molar-refractivity contribution in [3.05, 3.63) is 170 Å². The fraction of sp³-hybridized carbons (Fsp3) is 0. The van der Waals surface area contributed by atoms with E-state index in [-0.39, 0.29) is 0 Å². The molecule has 0 amide bonds. The number of aromatic nitrogens is 4. The van der Waals surface area contributed by atoms with Crippen molar-refractivity contribution in [2.24, 2.45) is 0 Å². The lowest BCUT2D eigenvalue weighted by molar-refractivity contribution is 0.668. The molecule has 0 spiro atoms. The van der Waals surface area contributed by atoms with E-state index in [1.165, 1.54) is 21.5 Å². The molecule has 0 atom stereocenters. The lowest BCUT2D eigenvalue weighted by Crippen LogP contribution is -2.01. The van der Waals surface area contributed by atoms with Crippen LogP contribution in [-0.4, -0.2) is 19.5 Å². The molecule has 12 aromatic rings. The first-order valence-electron chi connectivity index (χ1n) is 18.4. The van der Waals surface area contributed by atoms with Crippen LogP contribution in [0, 0.1) is 0 Å². The van der Waals surface area contributed by atoms with Crippen LogP contribution in [0.5, 0.6) is 0 Å². The van der Waals surface area contributed by atoms with Crippen LogP contribution in [0.2, 0.25) is 0 Å². The minimum absolute atomic E-state index is 0.565. The van der Waals surface area contributed by atoms with E-state index in [2.05, 4.69) is 114 Å². The molecule has 0 unspecified atom stereocenters. The summed E-state index contributed by atoms with van der Waals surface area (Å²) < 4.78 is 15.0. The number of nitrogens with zero attached hydrogens (tertiary/aromatic N) is 4. The maximum Gasteiger partial charge on any atom is 0.164 e. The smallest absolute Gasteiger partial charge is 0.164 e. The zero-order chi connectivity index (χ0) is 36.0. The summed E-state index contributed by atoms with van der Waals surface area (Å²) in [5.74, 6) is 1.70. The van der Waals surface area contributed by atoms with E-state index in [1.807, 2.05) is 60.7 Å². The number of rotatable bonds is 4. The highest BCUT2D eigenvalue weighted by molar-refractivity contribution is 6.15. The van der Waals surface area contributed by atoms with Crippen molar-refractivity contribution < 1.29 is 8.83 Å². The molecule has 6 heteroatoms. The van der Waals surface area contributed by atoms with Gasteiger partial charge in [-0.15, -0.1) is 0 Å². The van der Waals surface area contributed by atoms with E-state index < -0.39 is 0 Å². The maximum absolute atomic E-state index is 6.31. The molecule has 4 heterocycles. The SMILES string of the molecule is c1cc(-c2nc(-c3cccc4oc5ccccc5c34)nc(-c3cccc4oc5ccccc5c34)n2)cc(-n2c3ccccc3c3cc4ccccc4cc32)c1. The molecule has 256 valence electrons. The highest BCUT2D eigenvalue weighted by atomic mass is 16.3. The van der Waals surface area contributed by atoms with E-state index in [1.54, 1.807) is 0 Å². The van der Waals surface area contributed by atoms with Gasteiger partial charge in [-0.1, -0.05) is 115 Å². The molecule has 55 heavy (non-hydrogen) atoms. The van der Waals surface area contributed by atoms with Gasteiger partial charge in [-0.05, 0) is 65.4 Å². The molecule has 0 saturated heterocycles. The predicted molar refractivity (Wildman–Crippen MR) is 223 cm³/mol. The topological polar surface area (TPSA) is 69.9 Å². The van der Waals surface area contributed by atoms with Gasteiger partial charge >= 0.3 is 0 Å². The lowest BCUT2D eigenvalue weighted by atomic mass is 10.0. The Morgan fingerprint density at radius 2 is 0.891 bits per heavy atom. The fourth-order valence-corrected chi connectivity index (χ4v) is 8.39. The Hall–Kier alpha value is -7.57. The van der Waals surface area contributed by atoms with Crippen LogP contribution in [-0.2, 0) is 0 Å². The van der Waals surface area contributed by atoms with Crippen molar-refractivity contribution in [2.75, 3.05) is 0 Å². The molecule has 8 aromatic carbocycles. The zero-order valence-electron chi connectivity index (χ0n) is 29.3. The van der Waals surface area contributed by atoms with E-state index in [4.69, 9.17) is 23.8 Å². The second-order valence-corrected chi connectivity index (χ2v) is 14.0. The van der Waals surface area contributed by atoms with Crippen LogP contribution in [0.25, 0.3) is 116 Å². The van der Waals surface area contributed by atoms with Crippen LogP contribution in [0.15, 0.2) is 179 Å². The van der Waals surface area contributed by atoms with Gasteiger partial charge in [0, 0.05) is 54.7 Å². The lowest BCUT2D eigenvalue weighted by Gasteiger charge is -2.12. The van der Waals surface area contributed by atoms with Gasteiger partial charge < -0.3 is 13.4 Å². The first kappa shape index (κ1) is 29.9. The number of furan rings is 2. The van der Waals surface area contributed by atoms with Crippen molar-refractivity contribution in [1.82, 2.24) is 19.5 Å². The molecule has 0 saturated carbocycles. The van der Waals surface area contributed by atoms with Crippen LogP contribution in [0.1, 0.15) is 0 Å². The molecule has 12 rings (SSSR count). The highest BCUT2D eigenvalue weighted by Crippen LogP contribution is 2.40. The Kier molecular flexibility index (Phi) is 6.24. The predicted octanol–water partition coefficient (Wildman–Crippen LogP) is 12.9. The summed E-state index contributed by atoms with van der Waals surface area (Å²) in [7, 11) is 0. The average molecular weight is 705 g/mol. The van der Waals surface area contributed by atoms with E-state index >= 15 is 0 Å². The molecule has 4 aromatic heterocycles. The number of fused-ring (bicyclic) bond motifs is 10. The summed E-state index contributed by atoms with van der Waals surface area (Å²) in [6.07, 6.45) is 0. The van der Waals surface area contributed by atoms with E-state index in [9.17, 15) is 0 Å². The molecule has 0 bridgehead atoms. The molecule has 0 aliphatic heterocycles. The van der Waals surface area contributed by atoms with Crippen molar-refractivity contribution in [2.45, 2.75) is 0 Å². The largest absolute Gasteiger partial charge is 0.456 e. The minimum Gasteiger partial charge on any atom is -0.456 e. The summed E-state index contributed by atoms with van der Waals surface area (Å²) in [6.45, 7) is 0. The van der Waals surface area contributed by atoms with E-state index in [0.29, 0.717) is 17.5 Å². The molecule has 0 aliphatic rings. The van der Waals surface area contributed by atoms with Crippen LogP contribution >= 0.6 is 0 Å². The molecule has 0 radical (unpaired) electrons. The van der Waals surface area contributed by atoms with Crippen molar-refractivity contribution >= 4 is 76.5 Å². The standard InChI is InChI=1S/C49H28N4O2/c1-2-13-30-28-40-38(27-29(30)12-1)33-16-3-6-21-39(33)53(40)32-15-9-14-31(26-32)47-50-48(36-19-10-24-43-45(36)34-17-4-7-22-41(34)54-43)52-49(51-47)37-20-11-25-44-46(37)35-18-5-8-23-42(35)55-44/h1-28H. The fourth-order valence-electron chi connectivity index (χ4n) is 8.39. The summed E-state index contributed by atoms with van der Waals surface area (Å²) in [5.41, 5.74) is 9.14. The van der Waals surface area contributed by atoms with Crippen molar-refractivity contribution in [3.8, 4) is 39.9 Å². The number of benzene rings is 8. The first-order chi connectivity index (χ1) is 27.2. The Balaban J connectivity index is 1.13. The van der Waals surface area contributed by atoms with Gasteiger partial charge in [-0.3, -0.25) is 0 Å². The van der Waals surface area contributed by atoms with Gasteiger partial charge in [-0.25, -0.2) is 15.0 Å². The number of hydrogen-bond acceptors (Lipinski definition) is 5. The third kappa shape index (κ3) is 4.52. The van der Waals surface area contributed by atoms with Crippen LogP contribution < -0.4 is 0 Å². The monoisotopic (exact) mass is 704 g/mol. The van der Waals surface area contributed by atoms with Crippen LogP contribution in [0.3, 0.4) is 0 Å². The average Bonchev–Trinajstić information content (AvgIpc) is 3.92. The molecule has 6 nitrogen and oxygen atoms in total. The molecule has 0 aliphatic carbocycles. The van der Waals surface area contributed by atoms with Crippen molar-refractivity contribution in [1.29, 1.82) is 0 Å². The zero-order valence-corrected chi connectivity index (χ0v) is 29.3. The highest BCUT2D eigenvalue weighted by Gasteiger charge is 2.21. The van der Waals surface area contributed by atoms with Gasteiger partial charge in [-0.2, -0.15) is 0 Å². The molecular weight excluding hydrogens is 677 g/mol. The maximum atomic E-state index is 6.31. The van der Waals surface area contributed by atoms with Crippen molar-refractivity contribution in [3.63, 3.8) is 0 Å². The third-order valence-electron chi connectivity index (χ3n) is 10.8. The quantitative estimate of drug-likeness (QED) is 0.182. The Morgan fingerprint density at radius 1 is 0.364 bits per heavy atom. The Morgan fingerprint density at radius 3 is 1.56 bits per heavy atom. The molecular formula is C49H28N4O2. The Labute approximate surface area is 313 Å². The van der Waals surface area contributed by atoms with E-state index in [0.717, 1.165) is 77.3 Å². The summed E-state index contributed by atoms with van der Waals surface area (Å²) in [4.78, 5) is 15.8. The van der Waals surface area contributed by atoms with Gasteiger partial charge in [0.1, 0.15) is 22.3 Å². The van der Waals surface area contributed by atoms with Gasteiger partial charge in [0.2, 0.25) is 0 Å². The summed E-state index contributed by atoms with van der Waals surface area (Å²) >= 11 is 0. The second kappa shape index (κ2) is 11.5. The van der Waals surface area contributed by atoms with Gasteiger partial charge in [0.15, 0.2) is 17.5 Å². The third-order valence-corrected chi connectivity index (χ3v) is 10.8. The Bertz CT molecular complexity index is 3380. The number of hydrogen-bond donors (Lipinski definition) is 0. The van der Waals surface area contributed by atoms with Crippen LogP contribution in [0.4, 0.5) is 0 Å².